The SMILES string of the molecule is Cc1cc(C(=O)NCC(F)(F)C(F)F)cc(N)n1. The van der Waals surface area contributed by atoms with Crippen molar-refractivity contribution in [2.75, 3.05) is 12.3 Å². The lowest BCUT2D eigenvalue weighted by molar-refractivity contribution is -0.123. The van der Waals surface area contributed by atoms with Crippen LogP contribution < -0.4 is 11.1 Å². The van der Waals surface area contributed by atoms with Gasteiger partial charge in [-0.15, -0.1) is 0 Å². The van der Waals surface area contributed by atoms with Gasteiger partial charge in [0.25, 0.3) is 5.91 Å². The molecule has 18 heavy (non-hydrogen) atoms. The van der Waals surface area contributed by atoms with E-state index in [1.807, 2.05) is 0 Å². The Bertz CT molecular complexity index is 430. The van der Waals surface area contributed by atoms with Crippen LogP contribution in [0.1, 0.15) is 16.1 Å². The van der Waals surface area contributed by atoms with Crippen molar-refractivity contribution >= 4 is 11.7 Å². The summed E-state index contributed by atoms with van der Waals surface area (Å²) in [6.07, 6.45) is -3.83. The number of carbonyl (C=O) groups is 1. The first kappa shape index (κ1) is 14.2. The average Bonchev–Trinajstić information content (AvgIpc) is 2.24. The minimum atomic E-state index is -4.26. The van der Waals surface area contributed by atoms with E-state index in [2.05, 4.69) is 4.98 Å². The Morgan fingerprint density at radius 2 is 2.11 bits per heavy atom. The van der Waals surface area contributed by atoms with Crippen LogP contribution in [0, 0.1) is 6.92 Å². The molecule has 0 fully saturated rings. The molecule has 0 saturated heterocycles. The standard InChI is InChI=1S/C10H11F4N3O/c1-5-2-6(3-7(15)17-5)8(18)16-4-10(13,14)9(11)12/h2-3,9H,4H2,1H3,(H2,15,17)(H,16,18). The predicted molar refractivity (Wildman–Crippen MR) is 56.7 cm³/mol. The number of halogens is 4. The van der Waals surface area contributed by atoms with Gasteiger partial charge in [0.1, 0.15) is 5.82 Å². The van der Waals surface area contributed by atoms with Crippen molar-refractivity contribution in [3.8, 4) is 0 Å². The van der Waals surface area contributed by atoms with Gasteiger partial charge < -0.3 is 11.1 Å². The summed E-state index contributed by atoms with van der Waals surface area (Å²) >= 11 is 0. The van der Waals surface area contributed by atoms with Crippen molar-refractivity contribution < 1.29 is 22.4 Å². The molecule has 100 valence electrons. The Labute approximate surface area is 100 Å². The Morgan fingerprint density at radius 1 is 1.50 bits per heavy atom. The zero-order valence-corrected chi connectivity index (χ0v) is 9.38. The summed E-state index contributed by atoms with van der Waals surface area (Å²) in [4.78, 5) is 15.2. The van der Waals surface area contributed by atoms with Crippen LogP contribution in [-0.2, 0) is 0 Å². The van der Waals surface area contributed by atoms with E-state index in [4.69, 9.17) is 5.73 Å². The molecular formula is C10H11F4N3O. The van der Waals surface area contributed by atoms with Crippen molar-refractivity contribution in [3.63, 3.8) is 0 Å². The first-order valence-electron chi connectivity index (χ1n) is 4.90. The number of amides is 1. The molecule has 0 aliphatic carbocycles. The minimum absolute atomic E-state index is 0.00920. The highest BCUT2D eigenvalue weighted by Crippen LogP contribution is 2.21. The van der Waals surface area contributed by atoms with Crippen LogP contribution in [-0.4, -0.2) is 29.8 Å². The largest absolute Gasteiger partial charge is 0.384 e. The smallest absolute Gasteiger partial charge is 0.324 e. The molecule has 1 amide bonds. The Morgan fingerprint density at radius 3 is 2.61 bits per heavy atom. The van der Waals surface area contributed by atoms with Crippen molar-refractivity contribution in [2.24, 2.45) is 0 Å². The van der Waals surface area contributed by atoms with Crippen molar-refractivity contribution in [1.29, 1.82) is 0 Å². The van der Waals surface area contributed by atoms with Crippen LogP contribution >= 0.6 is 0 Å². The molecule has 0 saturated carbocycles. The lowest BCUT2D eigenvalue weighted by Crippen LogP contribution is -2.41. The quantitative estimate of drug-likeness (QED) is 0.812. The minimum Gasteiger partial charge on any atom is -0.384 e. The number of carbonyl (C=O) groups excluding carboxylic acids is 1. The Hall–Kier alpha value is -1.86. The van der Waals surface area contributed by atoms with E-state index >= 15 is 0 Å². The summed E-state index contributed by atoms with van der Waals surface area (Å²) in [6, 6.07) is 2.48. The molecule has 1 rings (SSSR count). The second-order valence-electron chi connectivity index (χ2n) is 3.67. The Balaban J connectivity index is 2.72. The van der Waals surface area contributed by atoms with Gasteiger partial charge in [-0.2, -0.15) is 8.78 Å². The number of pyridine rings is 1. The maximum atomic E-state index is 12.6. The molecule has 0 radical (unpaired) electrons. The van der Waals surface area contributed by atoms with E-state index in [0.717, 1.165) is 0 Å². The third-order valence-corrected chi connectivity index (χ3v) is 2.04. The first-order valence-corrected chi connectivity index (χ1v) is 4.90. The number of anilines is 1. The van der Waals surface area contributed by atoms with Gasteiger partial charge in [-0.25, -0.2) is 13.8 Å². The predicted octanol–water partition coefficient (Wildman–Crippen LogP) is 1.60. The second kappa shape index (κ2) is 5.19. The van der Waals surface area contributed by atoms with E-state index in [1.54, 1.807) is 12.2 Å². The van der Waals surface area contributed by atoms with E-state index in [9.17, 15) is 22.4 Å². The Kier molecular flexibility index (Phi) is 4.10. The van der Waals surface area contributed by atoms with E-state index in [-0.39, 0.29) is 11.4 Å². The lowest BCUT2D eigenvalue weighted by atomic mass is 10.2. The van der Waals surface area contributed by atoms with Crippen LogP contribution in [0.2, 0.25) is 0 Å². The zero-order valence-electron chi connectivity index (χ0n) is 9.38. The highest BCUT2D eigenvalue weighted by atomic mass is 19.3. The van der Waals surface area contributed by atoms with Gasteiger partial charge in [0.05, 0.1) is 6.54 Å². The summed E-state index contributed by atoms with van der Waals surface area (Å²) in [7, 11) is 0. The van der Waals surface area contributed by atoms with Gasteiger partial charge in [0, 0.05) is 11.3 Å². The van der Waals surface area contributed by atoms with Gasteiger partial charge >= 0.3 is 12.3 Å². The van der Waals surface area contributed by atoms with Crippen molar-refractivity contribution in [3.05, 3.63) is 23.4 Å². The van der Waals surface area contributed by atoms with Gasteiger partial charge in [-0.1, -0.05) is 0 Å². The number of nitrogen functional groups attached to an aromatic ring is 1. The van der Waals surface area contributed by atoms with Crippen molar-refractivity contribution in [1.82, 2.24) is 10.3 Å². The molecule has 0 bridgehead atoms. The average molecular weight is 265 g/mol. The highest BCUT2D eigenvalue weighted by molar-refractivity contribution is 5.94. The fraction of sp³-hybridized carbons (Fsp3) is 0.400. The molecule has 0 unspecified atom stereocenters. The molecule has 0 atom stereocenters. The number of nitrogens with zero attached hydrogens (tertiary/aromatic N) is 1. The van der Waals surface area contributed by atoms with Gasteiger partial charge in [-0.05, 0) is 19.1 Å². The fourth-order valence-electron chi connectivity index (χ4n) is 1.20. The number of hydrogen-bond acceptors (Lipinski definition) is 3. The molecule has 1 heterocycles. The first-order chi connectivity index (χ1) is 8.22. The molecule has 0 aliphatic heterocycles. The summed E-state index contributed by atoms with van der Waals surface area (Å²) in [6.45, 7) is 0.117. The summed E-state index contributed by atoms with van der Waals surface area (Å²) in [5, 5.41) is 1.72. The van der Waals surface area contributed by atoms with Crippen LogP contribution in [0.3, 0.4) is 0 Å². The lowest BCUT2D eigenvalue weighted by Gasteiger charge is -2.15. The van der Waals surface area contributed by atoms with E-state index in [0.29, 0.717) is 5.69 Å². The van der Waals surface area contributed by atoms with Crippen LogP contribution in [0.25, 0.3) is 0 Å². The summed E-state index contributed by atoms with van der Waals surface area (Å²) in [5.41, 5.74) is 5.78. The van der Waals surface area contributed by atoms with Gasteiger partial charge in [0.15, 0.2) is 0 Å². The molecule has 0 aliphatic rings. The maximum Gasteiger partial charge on any atom is 0.324 e. The molecule has 8 heteroatoms. The summed E-state index contributed by atoms with van der Waals surface area (Å²) < 4.78 is 48.9. The molecule has 1 aromatic rings. The van der Waals surface area contributed by atoms with Gasteiger partial charge in [-0.3, -0.25) is 4.79 Å². The number of nitrogens with one attached hydrogen (secondary N) is 1. The zero-order chi connectivity index (χ0) is 13.9. The number of hydrogen-bond donors (Lipinski definition) is 2. The third kappa shape index (κ3) is 3.57. The van der Waals surface area contributed by atoms with E-state index < -0.39 is 24.8 Å². The van der Waals surface area contributed by atoms with Gasteiger partial charge in [0.2, 0.25) is 0 Å². The number of alkyl halides is 4. The molecule has 1 aromatic heterocycles. The van der Waals surface area contributed by atoms with Crippen LogP contribution in [0.5, 0.6) is 0 Å². The van der Waals surface area contributed by atoms with Crippen LogP contribution in [0.15, 0.2) is 12.1 Å². The summed E-state index contributed by atoms with van der Waals surface area (Å²) in [5.74, 6) is -5.13. The molecule has 3 N–H and O–H groups in total. The topological polar surface area (TPSA) is 68.0 Å². The molecule has 0 aromatic carbocycles. The van der Waals surface area contributed by atoms with E-state index in [1.165, 1.54) is 12.1 Å². The monoisotopic (exact) mass is 265 g/mol. The normalized spacial score (nSPS) is 11.7. The molecule has 4 nitrogen and oxygen atoms in total. The molecule has 0 spiro atoms. The third-order valence-electron chi connectivity index (χ3n) is 2.04. The maximum absolute atomic E-state index is 12.6. The number of rotatable bonds is 4. The highest BCUT2D eigenvalue weighted by Gasteiger charge is 2.40. The van der Waals surface area contributed by atoms with Crippen LogP contribution in [0.4, 0.5) is 23.4 Å². The van der Waals surface area contributed by atoms with Crippen molar-refractivity contribution in [2.45, 2.75) is 19.3 Å². The fourth-order valence-corrected chi connectivity index (χ4v) is 1.20. The number of aromatic nitrogens is 1. The second-order valence-corrected chi connectivity index (χ2v) is 3.67. The number of aryl methyl sites for hydroxylation is 1. The molecular weight excluding hydrogens is 254 g/mol. The number of nitrogens with two attached hydrogens (primary N) is 1.